The summed E-state index contributed by atoms with van der Waals surface area (Å²) in [5.74, 6) is 1.79. The molecule has 9 aromatic rings. The van der Waals surface area contributed by atoms with Crippen molar-refractivity contribution in [1.29, 1.82) is 0 Å². The van der Waals surface area contributed by atoms with Gasteiger partial charge in [0.15, 0.2) is 17.5 Å². The van der Waals surface area contributed by atoms with Crippen LogP contribution in [-0.4, -0.2) is 15.0 Å². The summed E-state index contributed by atoms with van der Waals surface area (Å²) in [4.78, 5) is 15.4. The summed E-state index contributed by atoms with van der Waals surface area (Å²) < 4.78 is 6.87. The van der Waals surface area contributed by atoms with Gasteiger partial charge in [-0.25, -0.2) is 15.0 Å². The molecule has 0 radical (unpaired) electrons. The molecule has 53 heavy (non-hydrogen) atoms. The molecule has 250 valence electrons. The first kappa shape index (κ1) is 30.9. The van der Waals surface area contributed by atoms with Crippen molar-refractivity contribution in [3.8, 4) is 56.4 Å². The molecule has 0 aliphatic heterocycles. The van der Waals surface area contributed by atoms with Crippen molar-refractivity contribution in [3.63, 3.8) is 0 Å². The first-order chi connectivity index (χ1) is 26.3. The van der Waals surface area contributed by atoms with Gasteiger partial charge in [0, 0.05) is 27.3 Å². The topological polar surface area (TPSA) is 51.8 Å². The molecular formula is C49H33N3O. The Bertz CT molecular complexity index is 2850. The van der Waals surface area contributed by atoms with Crippen molar-refractivity contribution in [2.75, 3.05) is 0 Å². The van der Waals surface area contributed by atoms with Gasteiger partial charge in [0.05, 0.1) is 5.56 Å². The van der Waals surface area contributed by atoms with Crippen LogP contribution in [0.2, 0.25) is 0 Å². The Balaban J connectivity index is 1.15. The monoisotopic (exact) mass is 679 g/mol. The maximum Gasteiger partial charge on any atom is 0.167 e. The molecular weight excluding hydrogens is 647 g/mol. The largest absolute Gasteiger partial charge is 0.455 e. The third-order valence-corrected chi connectivity index (χ3v) is 10.2. The van der Waals surface area contributed by atoms with Crippen molar-refractivity contribution in [2.45, 2.75) is 12.8 Å². The fraction of sp³-hybridized carbons (Fsp3) is 0.0408. The number of allylic oxidation sites excluding steroid dienone is 4. The second-order valence-corrected chi connectivity index (χ2v) is 13.5. The van der Waals surface area contributed by atoms with Crippen LogP contribution in [0.4, 0.5) is 0 Å². The third kappa shape index (κ3) is 5.62. The fourth-order valence-electron chi connectivity index (χ4n) is 7.49. The van der Waals surface area contributed by atoms with Gasteiger partial charge in [0.2, 0.25) is 0 Å². The number of fused-ring (bicyclic) bond motifs is 5. The number of aromatic nitrogens is 3. The molecule has 0 saturated carbocycles. The molecule has 1 aliphatic carbocycles. The average Bonchev–Trinajstić information content (AvgIpc) is 3.63. The van der Waals surface area contributed by atoms with E-state index in [2.05, 4.69) is 170 Å². The number of furan rings is 1. The van der Waals surface area contributed by atoms with Crippen molar-refractivity contribution < 1.29 is 4.42 Å². The van der Waals surface area contributed by atoms with E-state index in [1.807, 2.05) is 6.07 Å². The second-order valence-electron chi connectivity index (χ2n) is 13.5. The minimum absolute atomic E-state index is 0.566. The Kier molecular flexibility index (Phi) is 7.58. The number of para-hydroxylation sites is 1. The second kappa shape index (κ2) is 13.0. The van der Waals surface area contributed by atoms with Gasteiger partial charge in [-0.05, 0) is 63.8 Å². The van der Waals surface area contributed by atoms with Crippen molar-refractivity contribution in [2.24, 2.45) is 0 Å². The van der Waals surface area contributed by atoms with Crippen LogP contribution in [0.5, 0.6) is 0 Å². The van der Waals surface area contributed by atoms with Crippen molar-refractivity contribution >= 4 is 38.3 Å². The van der Waals surface area contributed by atoms with Crippen LogP contribution in [0, 0.1) is 0 Å². The minimum atomic E-state index is 0.566. The van der Waals surface area contributed by atoms with Gasteiger partial charge < -0.3 is 4.42 Å². The summed E-state index contributed by atoms with van der Waals surface area (Å²) in [5, 5.41) is 4.31. The zero-order chi connectivity index (χ0) is 35.1. The van der Waals surface area contributed by atoms with Gasteiger partial charge in [-0.2, -0.15) is 0 Å². The van der Waals surface area contributed by atoms with Gasteiger partial charge >= 0.3 is 0 Å². The first-order valence-corrected chi connectivity index (χ1v) is 18.1. The molecule has 0 N–H and O–H groups in total. The third-order valence-electron chi connectivity index (χ3n) is 10.2. The van der Waals surface area contributed by atoms with Crippen LogP contribution in [0.25, 0.3) is 94.7 Å². The summed E-state index contributed by atoms with van der Waals surface area (Å²) in [5.41, 5.74) is 11.4. The number of hydrogen-bond acceptors (Lipinski definition) is 4. The highest BCUT2D eigenvalue weighted by Gasteiger charge is 2.20. The summed E-state index contributed by atoms with van der Waals surface area (Å²) in [6.07, 6.45) is 8.89. The molecule has 4 heteroatoms. The molecule has 0 spiro atoms. The van der Waals surface area contributed by atoms with E-state index < -0.39 is 0 Å². The van der Waals surface area contributed by atoms with E-state index in [9.17, 15) is 0 Å². The highest BCUT2D eigenvalue weighted by atomic mass is 16.3. The maximum atomic E-state index is 6.87. The lowest BCUT2D eigenvalue weighted by Crippen LogP contribution is -2.00. The SMILES string of the molecule is C1=CC(c2ccc(-c3nc(-c4ccc(-c5ccccc5)cc4)nc(-c4cccc5c4oc4c6ccccc6c(-c6ccccc6)cc54)n3)cc2)=CCC1. The predicted octanol–water partition coefficient (Wildman–Crippen LogP) is 13.0. The zero-order valence-corrected chi connectivity index (χ0v) is 28.9. The molecule has 4 nitrogen and oxygen atoms in total. The number of nitrogens with zero attached hydrogens (tertiary/aromatic N) is 3. The molecule has 1 aliphatic rings. The number of rotatable bonds is 6. The smallest absolute Gasteiger partial charge is 0.167 e. The fourth-order valence-corrected chi connectivity index (χ4v) is 7.49. The average molecular weight is 680 g/mol. The van der Waals surface area contributed by atoms with Crippen LogP contribution in [0.15, 0.2) is 180 Å². The van der Waals surface area contributed by atoms with Gasteiger partial charge in [-0.3, -0.25) is 0 Å². The quantitative estimate of drug-likeness (QED) is 0.175. The Morgan fingerprint density at radius 2 is 0.925 bits per heavy atom. The molecule has 0 saturated heterocycles. The Labute approximate surface area is 307 Å². The molecule has 0 amide bonds. The highest BCUT2D eigenvalue weighted by molar-refractivity contribution is 6.20. The molecule has 0 atom stereocenters. The lowest BCUT2D eigenvalue weighted by molar-refractivity contribution is 0.673. The highest BCUT2D eigenvalue weighted by Crippen LogP contribution is 2.42. The van der Waals surface area contributed by atoms with E-state index >= 15 is 0 Å². The molecule has 2 aromatic heterocycles. The molecule has 10 rings (SSSR count). The van der Waals surface area contributed by atoms with Crippen molar-refractivity contribution in [1.82, 2.24) is 15.0 Å². The van der Waals surface area contributed by atoms with E-state index in [0.29, 0.717) is 17.5 Å². The Morgan fingerprint density at radius 3 is 1.60 bits per heavy atom. The predicted molar refractivity (Wildman–Crippen MR) is 218 cm³/mol. The first-order valence-electron chi connectivity index (χ1n) is 18.1. The molecule has 0 fully saturated rings. The van der Waals surface area contributed by atoms with Gasteiger partial charge in [0.25, 0.3) is 0 Å². The van der Waals surface area contributed by atoms with Gasteiger partial charge in [0.1, 0.15) is 11.2 Å². The van der Waals surface area contributed by atoms with E-state index in [1.54, 1.807) is 0 Å². The zero-order valence-electron chi connectivity index (χ0n) is 28.9. The van der Waals surface area contributed by atoms with Crippen LogP contribution in [0.3, 0.4) is 0 Å². The van der Waals surface area contributed by atoms with Gasteiger partial charge in [-0.15, -0.1) is 0 Å². The summed E-state index contributed by atoms with van der Waals surface area (Å²) in [6.45, 7) is 0. The van der Waals surface area contributed by atoms with Crippen LogP contribution in [0.1, 0.15) is 18.4 Å². The summed E-state index contributed by atoms with van der Waals surface area (Å²) >= 11 is 0. The normalized spacial score (nSPS) is 12.8. The molecule has 0 unspecified atom stereocenters. The number of benzene rings is 7. The summed E-state index contributed by atoms with van der Waals surface area (Å²) in [6, 6.07) is 54.9. The lowest BCUT2D eigenvalue weighted by atomic mass is 9.95. The van der Waals surface area contributed by atoms with Crippen LogP contribution < -0.4 is 0 Å². The van der Waals surface area contributed by atoms with E-state index in [1.165, 1.54) is 27.8 Å². The van der Waals surface area contributed by atoms with Gasteiger partial charge in [-0.1, -0.05) is 164 Å². The maximum absolute atomic E-state index is 6.87. The summed E-state index contributed by atoms with van der Waals surface area (Å²) in [7, 11) is 0. The Hall–Kier alpha value is -6.91. The van der Waals surface area contributed by atoms with E-state index in [-0.39, 0.29) is 0 Å². The van der Waals surface area contributed by atoms with E-state index in [0.717, 1.165) is 67.8 Å². The standard InChI is InChI=1S/C49H33N3O/c1-4-13-32(14-5-1)34-23-27-37(28-24-34)47-50-48(38-29-25-35(26-30-38)33-15-6-2-7-16-33)52-49(51-47)42-22-12-21-41-44-31-43(36-17-8-3-9-18-36)39-19-10-11-20-40(39)46(44)53-45(41)42/h1,3-6,8-31H,2,7H2. The van der Waals surface area contributed by atoms with Crippen LogP contribution in [-0.2, 0) is 0 Å². The van der Waals surface area contributed by atoms with Crippen molar-refractivity contribution in [3.05, 3.63) is 182 Å². The molecule has 7 aromatic carbocycles. The lowest BCUT2D eigenvalue weighted by Gasteiger charge is -2.11. The molecule has 2 heterocycles. The van der Waals surface area contributed by atoms with Crippen LogP contribution >= 0.6 is 0 Å². The Morgan fingerprint density at radius 1 is 0.377 bits per heavy atom. The molecule has 0 bridgehead atoms. The number of hydrogen-bond donors (Lipinski definition) is 0. The minimum Gasteiger partial charge on any atom is -0.455 e. The van der Waals surface area contributed by atoms with E-state index in [4.69, 9.17) is 19.4 Å².